The second-order valence-corrected chi connectivity index (χ2v) is 5.56. The van der Waals surface area contributed by atoms with Crippen molar-refractivity contribution in [1.29, 1.82) is 0 Å². The van der Waals surface area contributed by atoms with Crippen molar-refractivity contribution in [3.63, 3.8) is 0 Å². The van der Waals surface area contributed by atoms with Crippen LogP contribution in [0.2, 0.25) is 0 Å². The standard InChI is InChI=1S/C12H8F2N2O4S/c13-8-5-7(12(17)18)1-2-11(8)21(19,20)16-10-3-4-15-6-9(10)14/h1-6H,(H,15,16)(H,17,18). The topological polar surface area (TPSA) is 96.4 Å². The van der Waals surface area contributed by atoms with E-state index in [1.807, 2.05) is 4.72 Å². The van der Waals surface area contributed by atoms with E-state index in [2.05, 4.69) is 4.98 Å². The van der Waals surface area contributed by atoms with Crippen LogP contribution >= 0.6 is 0 Å². The summed E-state index contributed by atoms with van der Waals surface area (Å²) in [5, 5.41) is 8.69. The largest absolute Gasteiger partial charge is 0.478 e. The van der Waals surface area contributed by atoms with Crippen LogP contribution in [0.15, 0.2) is 41.6 Å². The van der Waals surface area contributed by atoms with Crippen molar-refractivity contribution in [2.24, 2.45) is 0 Å². The number of carboxylic acids is 1. The monoisotopic (exact) mass is 314 g/mol. The molecule has 2 N–H and O–H groups in total. The van der Waals surface area contributed by atoms with Crippen molar-refractivity contribution >= 4 is 21.7 Å². The minimum atomic E-state index is -4.39. The van der Waals surface area contributed by atoms with Crippen LogP contribution < -0.4 is 4.72 Å². The van der Waals surface area contributed by atoms with E-state index in [0.717, 1.165) is 30.6 Å². The molecular weight excluding hydrogens is 306 g/mol. The lowest BCUT2D eigenvalue weighted by molar-refractivity contribution is 0.0696. The number of halogens is 2. The molecule has 2 rings (SSSR count). The highest BCUT2D eigenvalue weighted by Crippen LogP contribution is 2.21. The molecule has 6 nitrogen and oxygen atoms in total. The van der Waals surface area contributed by atoms with Gasteiger partial charge in [-0.2, -0.15) is 0 Å². The van der Waals surface area contributed by atoms with Gasteiger partial charge in [0.1, 0.15) is 10.7 Å². The van der Waals surface area contributed by atoms with Crippen LogP contribution in [0.3, 0.4) is 0 Å². The van der Waals surface area contributed by atoms with Crippen LogP contribution in [0, 0.1) is 11.6 Å². The Balaban J connectivity index is 2.41. The van der Waals surface area contributed by atoms with E-state index in [9.17, 15) is 22.0 Å². The van der Waals surface area contributed by atoms with Gasteiger partial charge in [0.05, 0.1) is 17.4 Å². The van der Waals surface area contributed by atoms with Crippen LogP contribution in [0.1, 0.15) is 10.4 Å². The van der Waals surface area contributed by atoms with Gasteiger partial charge in [-0.25, -0.2) is 22.0 Å². The highest BCUT2D eigenvalue weighted by atomic mass is 32.2. The van der Waals surface area contributed by atoms with E-state index < -0.39 is 43.8 Å². The van der Waals surface area contributed by atoms with Crippen LogP contribution in [-0.4, -0.2) is 24.5 Å². The maximum absolute atomic E-state index is 13.7. The number of carbonyl (C=O) groups is 1. The fraction of sp³-hybridized carbons (Fsp3) is 0. The Morgan fingerprint density at radius 1 is 1.19 bits per heavy atom. The number of carboxylic acid groups (broad SMARTS) is 1. The molecule has 0 saturated carbocycles. The summed E-state index contributed by atoms with van der Waals surface area (Å²) in [7, 11) is -4.39. The van der Waals surface area contributed by atoms with Gasteiger partial charge in [0.15, 0.2) is 5.82 Å². The number of aromatic carboxylic acids is 1. The highest BCUT2D eigenvalue weighted by molar-refractivity contribution is 7.92. The predicted molar refractivity (Wildman–Crippen MR) is 68.4 cm³/mol. The molecule has 1 heterocycles. The number of rotatable bonds is 4. The molecule has 110 valence electrons. The van der Waals surface area contributed by atoms with Gasteiger partial charge < -0.3 is 5.11 Å². The smallest absolute Gasteiger partial charge is 0.335 e. The van der Waals surface area contributed by atoms with Crippen molar-refractivity contribution in [2.75, 3.05) is 4.72 Å². The summed E-state index contributed by atoms with van der Waals surface area (Å²) < 4.78 is 52.9. The first-order valence-corrected chi connectivity index (χ1v) is 6.95. The average Bonchev–Trinajstić information content (AvgIpc) is 2.40. The molecule has 0 aliphatic heterocycles. The summed E-state index contributed by atoms with van der Waals surface area (Å²) >= 11 is 0. The van der Waals surface area contributed by atoms with Gasteiger partial charge in [0, 0.05) is 6.20 Å². The van der Waals surface area contributed by atoms with Crippen molar-refractivity contribution < 1.29 is 27.1 Å². The first-order chi connectivity index (χ1) is 9.81. The maximum Gasteiger partial charge on any atom is 0.335 e. The van der Waals surface area contributed by atoms with E-state index in [-0.39, 0.29) is 0 Å². The Kier molecular flexibility index (Phi) is 3.85. The fourth-order valence-corrected chi connectivity index (χ4v) is 2.64. The summed E-state index contributed by atoms with van der Waals surface area (Å²) in [5.41, 5.74) is -0.798. The van der Waals surface area contributed by atoms with Gasteiger partial charge in [-0.1, -0.05) is 0 Å². The molecule has 0 saturated heterocycles. The van der Waals surface area contributed by atoms with Gasteiger partial charge in [0.25, 0.3) is 10.0 Å². The molecule has 1 aromatic heterocycles. The lowest BCUT2D eigenvalue weighted by Gasteiger charge is -2.09. The van der Waals surface area contributed by atoms with E-state index in [4.69, 9.17) is 5.11 Å². The Morgan fingerprint density at radius 3 is 2.48 bits per heavy atom. The fourth-order valence-electron chi connectivity index (χ4n) is 1.51. The molecule has 0 amide bonds. The third-order valence-corrected chi connectivity index (χ3v) is 3.88. The number of nitrogens with one attached hydrogen (secondary N) is 1. The van der Waals surface area contributed by atoms with Gasteiger partial charge >= 0.3 is 5.97 Å². The summed E-state index contributed by atoms with van der Waals surface area (Å²) in [4.78, 5) is 13.3. The Morgan fingerprint density at radius 2 is 1.90 bits per heavy atom. The van der Waals surface area contributed by atoms with Crippen LogP contribution in [0.5, 0.6) is 0 Å². The third kappa shape index (κ3) is 3.14. The molecule has 0 spiro atoms. The number of nitrogens with zero attached hydrogens (tertiary/aromatic N) is 1. The van der Waals surface area contributed by atoms with Gasteiger partial charge in [0.2, 0.25) is 0 Å². The molecule has 0 aliphatic carbocycles. The molecule has 2 aromatic rings. The average molecular weight is 314 g/mol. The molecular formula is C12H8F2N2O4S. The quantitative estimate of drug-likeness (QED) is 0.898. The molecule has 0 unspecified atom stereocenters. The Labute approximate surface area is 118 Å². The second kappa shape index (κ2) is 5.44. The summed E-state index contributed by atoms with van der Waals surface area (Å²) in [6.45, 7) is 0. The second-order valence-electron chi connectivity index (χ2n) is 3.91. The lowest BCUT2D eigenvalue weighted by atomic mass is 10.2. The third-order valence-electron chi connectivity index (χ3n) is 2.49. The van der Waals surface area contributed by atoms with Gasteiger partial charge in [-0.05, 0) is 24.3 Å². The molecule has 9 heteroatoms. The maximum atomic E-state index is 13.7. The normalized spacial score (nSPS) is 11.1. The number of hydrogen-bond acceptors (Lipinski definition) is 4. The molecule has 0 bridgehead atoms. The van der Waals surface area contributed by atoms with Gasteiger partial charge in [-0.3, -0.25) is 9.71 Å². The van der Waals surface area contributed by atoms with Crippen molar-refractivity contribution in [3.8, 4) is 0 Å². The van der Waals surface area contributed by atoms with Crippen molar-refractivity contribution in [2.45, 2.75) is 4.90 Å². The molecule has 0 aliphatic rings. The predicted octanol–water partition coefficient (Wildman–Crippen LogP) is 1.86. The number of sulfonamides is 1. The minimum absolute atomic E-state index is 0.397. The summed E-state index contributed by atoms with van der Waals surface area (Å²) in [6.07, 6.45) is 1.95. The highest BCUT2D eigenvalue weighted by Gasteiger charge is 2.21. The number of benzene rings is 1. The van der Waals surface area contributed by atoms with E-state index in [1.54, 1.807) is 0 Å². The zero-order valence-electron chi connectivity index (χ0n) is 10.2. The molecule has 21 heavy (non-hydrogen) atoms. The molecule has 1 aromatic carbocycles. The van der Waals surface area contributed by atoms with E-state index in [0.29, 0.717) is 6.07 Å². The molecule has 0 radical (unpaired) electrons. The Bertz CT molecular complexity index is 809. The molecule has 0 atom stereocenters. The van der Waals surface area contributed by atoms with Crippen LogP contribution in [-0.2, 0) is 10.0 Å². The summed E-state index contributed by atoms with van der Waals surface area (Å²) in [6, 6.07) is 3.36. The lowest BCUT2D eigenvalue weighted by Crippen LogP contribution is -2.16. The van der Waals surface area contributed by atoms with Crippen LogP contribution in [0.4, 0.5) is 14.5 Å². The molecule has 0 fully saturated rings. The number of aromatic nitrogens is 1. The van der Waals surface area contributed by atoms with Crippen molar-refractivity contribution in [3.05, 3.63) is 53.9 Å². The number of pyridine rings is 1. The first kappa shape index (κ1) is 14.9. The Hall–Kier alpha value is -2.55. The minimum Gasteiger partial charge on any atom is -0.478 e. The SMILES string of the molecule is O=C(O)c1ccc(S(=O)(=O)Nc2ccncc2F)c(F)c1. The van der Waals surface area contributed by atoms with E-state index in [1.165, 1.54) is 0 Å². The van der Waals surface area contributed by atoms with Crippen LogP contribution in [0.25, 0.3) is 0 Å². The van der Waals surface area contributed by atoms with Gasteiger partial charge in [-0.15, -0.1) is 0 Å². The zero-order chi connectivity index (χ0) is 15.6. The van der Waals surface area contributed by atoms with Crippen molar-refractivity contribution in [1.82, 2.24) is 4.98 Å². The number of anilines is 1. The number of hydrogen-bond donors (Lipinski definition) is 2. The zero-order valence-corrected chi connectivity index (χ0v) is 11.1. The van der Waals surface area contributed by atoms with E-state index >= 15 is 0 Å². The first-order valence-electron chi connectivity index (χ1n) is 5.46. The summed E-state index contributed by atoms with van der Waals surface area (Å²) in [5.74, 6) is -3.58.